The molecule has 0 bridgehead atoms. The van der Waals surface area contributed by atoms with Gasteiger partial charge in [0.1, 0.15) is 6.33 Å². The summed E-state index contributed by atoms with van der Waals surface area (Å²) >= 11 is 2.76. The number of rotatable bonds is 3. The molecule has 0 spiro atoms. The molecule has 4 heteroatoms. The summed E-state index contributed by atoms with van der Waals surface area (Å²) in [6.45, 7) is 0. The molecule has 0 unspecified atom stereocenters. The molecule has 2 nitrogen and oxygen atoms in total. The van der Waals surface area contributed by atoms with Gasteiger partial charge in [-0.2, -0.15) is 0 Å². The number of benzene rings is 8. The highest BCUT2D eigenvalue weighted by Crippen LogP contribution is 2.43. The molecular formula is C46H26N2S2. The van der Waals surface area contributed by atoms with Gasteiger partial charge >= 0.3 is 0 Å². The van der Waals surface area contributed by atoms with Crippen LogP contribution in [0.25, 0.3) is 106 Å². The van der Waals surface area contributed by atoms with Gasteiger partial charge in [-0.05, 0) is 84.9 Å². The van der Waals surface area contributed by atoms with Gasteiger partial charge in [0.2, 0.25) is 0 Å². The first-order valence-electron chi connectivity index (χ1n) is 19.7. The normalized spacial score (nSPS) is 14.0. The zero-order valence-corrected chi connectivity index (χ0v) is 27.8. The van der Waals surface area contributed by atoms with Crippen LogP contribution in [0, 0.1) is 0 Å². The Hall–Kier alpha value is -5.94. The van der Waals surface area contributed by atoms with E-state index < -0.39 is 0 Å². The molecule has 3 heterocycles. The van der Waals surface area contributed by atoms with Crippen molar-refractivity contribution in [1.82, 2.24) is 9.97 Å². The zero-order valence-electron chi connectivity index (χ0n) is 33.2. The first kappa shape index (κ1) is 21.9. The Labute approximate surface area is 305 Å². The quantitative estimate of drug-likeness (QED) is 0.174. The molecule has 0 atom stereocenters. The fourth-order valence-electron chi connectivity index (χ4n) is 7.40. The van der Waals surface area contributed by atoms with Crippen molar-refractivity contribution in [2.24, 2.45) is 0 Å². The van der Waals surface area contributed by atoms with Crippen molar-refractivity contribution in [2.45, 2.75) is 0 Å². The van der Waals surface area contributed by atoms with Crippen molar-refractivity contribution in [3.8, 4) is 33.5 Å². The summed E-state index contributed by atoms with van der Waals surface area (Å²) in [5.41, 5.74) is 5.61. The predicted octanol–water partition coefficient (Wildman–Crippen LogP) is 13.7. The van der Waals surface area contributed by atoms with Crippen LogP contribution < -0.4 is 0 Å². The Morgan fingerprint density at radius 2 is 1.08 bits per heavy atom. The van der Waals surface area contributed by atoms with E-state index in [1.165, 1.54) is 32.3 Å². The summed E-state index contributed by atoms with van der Waals surface area (Å²) in [6.07, 6.45) is 1.58. The summed E-state index contributed by atoms with van der Waals surface area (Å²) in [5, 5.41) is 8.89. The Balaban J connectivity index is 1.06. The minimum atomic E-state index is -0.389. The van der Waals surface area contributed by atoms with Gasteiger partial charge in [-0.1, -0.05) is 121 Å². The molecule has 0 aliphatic carbocycles. The first-order chi connectivity index (χ1) is 27.7. The number of aromatic nitrogens is 2. The number of hydrogen-bond donors (Lipinski definition) is 0. The third-order valence-electron chi connectivity index (χ3n) is 9.69. The maximum absolute atomic E-state index is 9.02. The van der Waals surface area contributed by atoms with E-state index in [0.29, 0.717) is 20.5 Å². The van der Waals surface area contributed by atoms with Crippen LogP contribution in [-0.2, 0) is 0 Å². The summed E-state index contributed by atoms with van der Waals surface area (Å²) in [4.78, 5) is 9.55. The smallest absolute Gasteiger partial charge is 0.116 e. The Kier molecular flexibility index (Phi) is 4.72. The molecule has 50 heavy (non-hydrogen) atoms. The monoisotopic (exact) mass is 677 g/mol. The largest absolute Gasteiger partial charge is 0.235 e. The molecule has 11 rings (SSSR count). The lowest BCUT2D eigenvalue weighted by molar-refractivity contribution is 1.24. The van der Waals surface area contributed by atoms with E-state index in [9.17, 15) is 0 Å². The minimum absolute atomic E-state index is 0.136. The standard InChI is InChI=1S/C46H26N2S2/c1-2-13-34-32(11-1)33-12-3-4-14-35(33)39-24-27(19-21-36(34)39)28-20-22-42-40(25-28)44-46(50-42)43(47-26-48-44)30-10-7-9-29(23-30)31-16-8-17-38-37-15-5-6-18-41(37)49-45(31)38/h1-26H/i5D,6D,8D,15D,16D,17D,18D. The molecule has 0 radical (unpaired) electrons. The first-order valence-corrected chi connectivity index (χ1v) is 17.9. The number of hydrogen-bond acceptors (Lipinski definition) is 4. The fraction of sp³-hybridized carbons (Fsp3) is 0. The van der Waals surface area contributed by atoms with E-state index >= 15 is 0 Å². The lowest BCUT2D eigenvalue weighted by atomic mass is 9.92. The van der Waals surface area contributed by atoms with Gasteiger partial charge in [0.25, 0.3) is 0 Å². The third kappa shape index (κ3) is 4.13. The fourth-order valence-corrected chi connectivity index (χ4v) is 9.64. The highest BCUT2D eigenvalue weighted by molar-refractivity contribution is 7.26. The molecule has 8 aromatic carbocycles. The number of thiophene rings is 2. The molecule has 0 fully saturated rings. The topological polar surface area (TPSA) is 25.8 Å². The third-order valence-corrected chi connectivity index (χ3v) is 12.0. The molecule has 0 saturated carbocycles. The zero-order chi connectivity index (χ0) is 38.9. The van der Waals surface area contributed by atoms with Gasteiger partial charge in [0.15, 0.2) is 0 Å². The molecule has 11 aromatic rings. The van der Waals surface area contributed by atoms with Crippen LogP contribution >= 0.6 is 22.7 Å². The molecule has 0 amide bonds. The van der Waals surface area contributed by atoms with E-state index in [1.807, 2.05) is 24.3 Å². The van der Waals surface area contributed by atoms with Gasteiger partial charge in [0, 0.05) is 35.8 Å². The minimum Gasteiger partial charge on any atom is -0.235 e. The van der Waals surface area contributed by atoms with Crippen LogP contribution in [0.5, 0.6) is 0 Å². The molecule has 0 aliphatic heterocycles. The summed E-state index contributed by atoms with van der Waals surface area (Å²) in [7, 11) is 0. The van der Waals surface area contributed by atoms with Crippen molar-refractivity contribution in [3.05, 3.63) is 158 Å². The Morgan fingerprint density at radius 3 is 1.90 bits per heavy atom. The summed E-state index contributed by atoms with van der Waals surface area (Å²) in [5.74, 6) is 0. The second-order valence-electron chi connectivity index (χ2n) is 12.4. The van der Waals surface area contributed by atoms with Crippen molar-refractivity contribution in [3.63, 3.8) is 0 Å². The van der Waals surface area contributed by atoms with Crippen LogP contribution in [0.1, 0.15) is 9.60 Å². The van der Waals surface area contributed by atoms with Crippen LogP contribution in [0.3, 0.4) is 0 Å². The molecule has 0 N–H and O–H groups in total. The summed E-state index contributed by atoms with van der Waals surface area (Å²) in [6, 6.07) is 36.2. The number of fused-ring (bicyclic) bond motifs is 12. The van der Waals surface area contributed by atoms with Crippen LogP contribution in [0.2, 0.25) is 0 Å². The van der Waals surface area contributed by atoms with Crippen molar-refractivity contribution in [1.29, 1.82) is 0 Å². The molecule has 3 aromatic heterocycles. The van der Waals surface area contributed by atoms with Gasteiger partial charge in [0.05, 0.1) is 25.5 Å². The average molecular weight is 678 g/mol. The molecule has 232 valence electrons. The van der Waals surface area contributed by atoms with Gasteiger partial charge < -0.3 is 0 Å². The van der Waals surface area contributed by atoms with Crippen molar-refractivity contribution >= 4 is 95.5 Å². The van der Waals surface area contributed by atoms with Gasteiger partial charge in [-0.25, -0.2) is 9.97 Å². The maximum Gasteiger partial charge on any atom is 0.116 e. The van der Waals surface area contributed by atoms with Gasteiger partial charge in [-0.15, -0.1) is 22.7 Å². The SMILES string of the molecule is [2H]c1c([2H])c([2H])c2c(sc3c(-c4cccc(-c5ncnc6c5sc5ccc(-c7ccc8c9ccccc9c9ccccc9c8c7)cc56)c4)c([2H])c([2H])c([2H])c32)c1[2H]. The molecule has 0 saturated heterocycles. The van der Waals surface area contributed by atoms with Crippen LogP contribution in [0.15, 0.2) is 158 Å². The van der Waals surface area contributed by atoms with E-state index in [1.54, 1.807) is 17.7 Å². The second-order valence-corrected chi connectivity index (χ2v) is 14.5. The molecule has 0 aliphatic rings. The second kappa shape index (κ2) is 10.8. The average Bonchev–Trinajstić information content (AvgIpc) is 3.83. The van der Waals surface area contributed by atoms with Crippen molar-refractivity contribution in [2.75, 3.05) is 0 Å². The van der Waals surface area contributed by atoms with E-state index in [-0.39, 0.29) is 53.1 Å². The Bertz CT molecular complexity index is 3540. The van der Waals surface area contributed by atoms with Crippen molar-refractivity contribution < 1.29 is 9.60 Å². The lowest BCUT2D eigenvalue weighted by Gasteiger charge is -2.12. The highest BCUT2D eigenvalue weighted by Gasteiger charge is 2.17. The number of nitrogens with zero attached hydrogens (tertiary/aromatic N) is 2. The van der Waals surface area contributed by atoms with Crippen LogP contribution in [-0.4, -0.2) is 9.97 Å². The maximum atomic E-state index is 9.02. The summed E-state index contributed by atoms with van der Waals surface area (Å²) < 4.78 is 63.1. The molecular weight excluding hydrogens is 645 g/mol. The van der Waals surface area contributed by atoms with E-state index in [0.717, 1.165) is 54.0 Å². The Morgan fingerprint density at radius 1 is 0.420 bits per heavy atom. The van der Waals surface area contributed by atoms with E-state index in [4.69, 9.17) is 19.6 Å². The van der Waals surface area contributed by atoms with Gasteiger partial charge in [-0.3, -0.25) is 0 Å². The lowest BCUT2D eigenvalue weighted by Crippen LogP contribution is -1.87. The predicted molar refractivity (Wildman–Crippen MR) is 217 cm³/mol. The van der Waals surface area contributed by atoms with E-state index in [2.05, 4.69) is 84.9 Å². The van der Waals surface area contributed by atoms with Crippen LogP contribution in [0.4, 0.5) is 0 Å². The highest BCUT2D eigenvalue weighted by atomic mass is 32.1.